The summed E-state index contributed by atoms with van der Waals surface area (Å²) in [7, 11) is 1.89. The highest BCUT2D eigenvalue weighted by Gasteiger charge is 2.00. The second-order valence-corrected chi connectivity index (χ2v) is 6.62. The number of nitrogens with one attached hydrogen (secondary N) is 3. The molecule has 7 heteroatoms. The summed E-state index contributed by atoms with van der Waals surface area (Å²) in [6.07, 6.45) is 0. The first-order valence-corrected chi connectivity index (χ1v) is 10.0. The van der Waals surface area contributed by atoms with Crippen LogP contribution in [0.3, 0.4) is 0 Å². The molecule has 0 saturated carbocycles. The molecule has 2 aromatic rings. The quantitative estimate of drug-likeness (QED) is 0.330. The van der Waals surface area contributed by atoms with E-state index in [-0.39, 0.29) is 0 Å². The van der Waals surface area contributed by atoms with E-state index in [0.717, 1.165) is 34.9 Å². The van der Waals surface area contributed by atoms with Crippen molar-refractivity contribution in [3.05, 3.63) is 54.1 Å². The van der Waals surface area contributed by atoms with Crippen LogP contribution in [0.5, 0.6) is 0 Å². The number of rotatable bonds is 4. The molecule has 0 unspecified atom stereocenters. The second-order valence-electron chi connectivity index (χ2n) is 5.16. The van der Waals surface area contributed by atoms with Crippen molar-refractivity contribution in [2.45, 2.75) is 20.8 Å². The Hall–Kier alpha value is -2.43. The predicted octanol–water partition coefficient (Wildman–Crippen LogP) is 4.83. The Morgan fingerprint density at radius 2 is 1.70 bits per heavy atom. The number of thiocarbonyl (C=S) groups is 1. The van der Waals surface area contributed by atoms with Crippen LogP contribution in [0.2, 0.25) is 0 Å². The summed E-state index contributed by atoms with van der Waals surface area (Å²) in [4.78, 5) is 0. The number of aryl methyl sites for hydroxylation is 1. The molecule has 0 amide bonds. The minimum Gasteiger partial charge on any atom is -0.399 e. The molecule has 5 nitrogen and oxygen atoms in total. The van der Waals surface area contributed by atoms with Crippen LogP contribution in [0.4, 0.5) is 17.1 Å². The van der Waals surface area contributed by atoms with Gasteiger partial charge in [0.2, 0.25) is 0 Å². The first-order chi connectivity index (χ1) is 13.0. The van der Waals surface area contributed by atoms with Crippen molar-refractivity contribution in [3.8, 4) is 5.40 Å². The Morgan fingerprint density at radius 3 is 2.11 bits per heavy atom. The van der Waals surface area contributed by atoms with Crippen molar-refractivity contribution in [1.29, 1.82) is 5.26 Å². The fourth-order valence-electron chi connectivity index (χ4n) is 1.79. The summed E-state index contributed by atoms with van der Waals surface area (Å²) in [5.74, 6) is 0.899. The van der Waals surface area contributed by atoms with E-state index in [1.54, 1.807) is 0 Å². The third-order valence-corrected chi connectivity index (χ3v) is 3.84. The van der Waals surface area contributed by atoms with E-state index in [2.05, 4.69) is 16.0 Å². The van der Waals surface area contributed by atoms with Crippen molar-refractivity contribution in [2.24, 2.45) is 0 Å². The number of benzene rings is 2. The molecule has 0 heterocycles. The molecule has 0 aliphatic heterocycles. The molecule has 0 radical (unpaired) electrons. The number of hydrogen-bond donors (Lipinski definition) is 4. The van der Waals surface area contributed by atoms with Gasteiger partial charge in [0.05, 0.1) is 11.4 Å². The molecule has 2 rings (SSSR count). The SMILES string of the molecule is CCNC(=S)Nc1ccccc1NC.CCSC#N.Cc1ccccc1N. The summed E-state index contributed by atoms with van der Waals surface area (Å²) in [6, 6.07) is 15.7. The summed E-state index contributed by atoms with van der Waals surface area (Å²) in [5, 5.41) is 19.6. The smallest absolute Gasteiger partial charge is 0.170 e. The van der Waals surface area contributed by atoms with E-state index in [1.165, 1.54) is 11.8 Å². The van der Waals surface area contributed by atoms with Gasteiger partial charge in [-0.3, -0.25) is 0 Å². The molecule has 0 aromatic heterocycles. The van der Waals surface area contributed by atoms with Gasteiger partial charge in [-0.2, -0.15) is 5.26 Å². The number of nitrogens with two attached hydrogens (primary N) is 1. The number of hydrogen-bond acceptors (Lipinski definition) is 5. The van der Waals surface area contributed by atoms with Gasteiger partial charge in [0.1, 0.15) is 5.40 Å². The maximum Gasteiger partial charge on any atom is 0.170 e. The van der Waals surface area contributed by atoms with Gasteiger partial charge in [0.25, 0.3) is 0 Å². The minimum absolute atomic E-state index is 0.648. The molecule has 0 saturated heterocycles. The van der Waals surface area contributed by atoms with E-state index < -0.39 is 0 Å². The van der Waals surface area contributed by atoms with Crippen molar-refractivity contribution in [3.63, 3.8) is 0 Å². The largest absolute Gasteiger partial charge is 0.399 e. The molecular formula is C20H29N5S2. The fraction of sp³-hybridized carbons (Fsp3) is 0.300. The van der Waals surface area contributed by atoms with E-state index in [9.17, 15) is 0 Å². The third kappa shape index (κ3) is 11.7. The molecule has 27 heavy (non-hydrogen) atoms. The monoisotopic (exact) mass is 403 g/mol. The van der Waals surface area contributed by atoms with E-state index in [0.29, 0.717) is 5.11 Å². The van der Waals surface area contributed by atoms with Crippen LogP contribution in [0, 0.1) is 17.6 Å². The van der Waals surface area contributed by atoms with Gasteiger partial charge < -0.3 is 21.7 Å². The first kappa shape index (κ1) is 24.6. The molecule has 0 fully saturated rings. The summed E-state index contributed by atoms with van der Waals surface area (Å²) in [5.41, 5.74) is 9.56. The summed E-state index contributed by atoms with van der Waals surface area (Å²) < 4.78 is 0. The second kappa shape index (κ2) is 15.8. The van der Waals surface area contributed by atoms with E-state index in [4.69, 9.17) is 23.2 Å². The highest BCUT2D eigenvalue weighted by atomic mass is 32.2. The van der Waals surface area contributed by atoms with Crippen molar-refractivity contribution in [1.82, 2.24) is 5.32 Å². The first-order valence-electron chi connectivity index (χ1n) is 8.63. The van der Waals surface area contributed by atoms with Crippen LogP contribution in [0.25, 0.3) is 0 Å². The number of thioether (sulfide) groups is 1. The van der Waals surface area contributed by atoms with Gasteiger partial charge in [-0.1, -0.05) is 37.3 Å². The lowest BCUT2D eigenvalue weighted by molar-refractivity contribution is 0.979. The third-order valence-electron chi connectivity index (χ3n) is 3.18. The van der Waals surface area contributed by atoms with Gasteiger partial charge in [-0.05, 0) is 61.6 Å². The average molecular weight is 404 g/mol. The molecule has 0 atom stereocenters. The van der Waals surface area contributed by atoms with Crippen molar-refractivity contribution < 1.29 is 0 Å². The molecule has 146 valence electrons. The van der Waals surface area contributed by atoms with E-state index in [1.807, 2.05) is 81.8 Å². The fourth-order valence-corrected chi connectivity index (χ4v) is 2.17. The van der Waals surface area contributed by atoms with Gasteiger partial charge in [0.15, 0.2) is 5.11 Å². The summed E-state index contributed by atoms with van der Waals surface area (Å²) >= 11 is 6.36. The Morgan fingerprint density at radius 1 is 1.11 bits per heavy atom. The lowest BCUT2D eigenvalue weighted by atomic mass is 10.2. The Bertz CT molecular complexity index is 693. The zero-order valence-electron chi connectivity index (χ0n) is 16.4. The van der Waals surface area contributed by atoms with Crippen molar-refractivity contribution >= 4 is 46.2 Å². The van der Waals surface area contributed by atoms with Crippen LogP contribution >= 0.6 is 24.0 Å². The standard InChI is InChI=1S/C10H15N3S.C7H9N.C3H5NS/c1-3-12-10(14)13-9-7-5-4-6-8(9)11-2;1-6-4-2-3-5-7(6)8;1-2-5-3-4/h4-7,11H,3H2,1-2H3,(H2,12,13,14);2-5H,8H2,1H3;2H2,1H3. The Kier molecular flexibility index (Phi) is 14.4. The lowest BCUT2D eigenvalue weighted by Crippen LogP contribution is -2.28. The topological polar surface area (TPSA) is 85.9 Å². The van der Waals surface area contributed by atoms with Gasteiger partial charge in [-0.25, -0.2) is 0 Å². The zero-order valence-corrected chi connectivity index (χ0v) is 18.0. The number of para-hydroxylation sites is 3. The number of nitriles is 1. The average Bonchev–Trinajstić information content (AvgIpc) is 2.66. The maximum absolute atomic E-state index is 7.78. The summed E-state index contributed by atoms with van der Waals surface area (Å²) in [6.45, 7) is 6.79. The van der Waals surface area contributed by atoms with E-state index >= 15 is 0 Å². The molecule has 2 aromatic carbocycles. The van der Waals surface area contributed by atoms with Crippen LogP contribution in [-0.2, 0) is 0 Å². The number of nitrogen functional groups attached to an aromatic ring is 1. The van der Waals surface area contributed by atoms with Gasteiger partial charge >= 0.3 is 0 Å². The lowest BCUT2D eigenvalue weighted by Gasteiger charge is -2.12. The number of nitrogens with zero attached hydrogens (tertiary/aromatic N) is 1. The molecule has 0 aliphatic rings. The zero-order chi connectivity index (χ0) is 20.5. The van der Waals surface area contributed by atoms with Crippen LogP contribution in [0.15, 0.2) is 48.5 Å². The van der Waals surface area contributed by atoms with Crippen molar-refractivity contribution in [2.75, 3.05) is 35.7 Å². The van der Waals surface area contributed by atoms with Gasteiger partial charge in [0, 0.05) is 25.0 Å². The molecule has 0 spiro atoms. The van der Waals surface area contributed by atoms with Crippen LogP contribution < -0.4 is 21.7 Å². The predicted molar refractivity (Wildman–Crippen MR) is 125 cm³/mol. The van der Waals surface area contributed by atoms with Crippen LogP contribution in [-0.4, -0.2) is 24.5 Å². The highest BCUT2D eigenvalue weighted by Crippen LogP contribution is 2.19. The van der Waals surface area contributed by atoms with Gasteiger partial charge in [-0.15, -0.1) is 0 Å². The van der Waals surface area contributed by atoms with Crippen LogP contribution in [0.1, 0.15) is 19.4 Å². The Balaban J connectivity index is 0.000000437. The Labute approximate surface area is 172 Å². The number of anilines is 3. The normalized spacial score (nSPS) is 8.70. The molecular weight excluding hydrogens is 374 g/mol. The molecule has 0 aliphatic carbocycles. The maximum atomic E-state index is 7.78. The molecule has 5 N–H and O–H groups in total. The highest BCUT2D eigenvalue weighted by molar-refractivity contribution is 8.03. The number of thiocyanates is 1. The molecule has 0 bridgehead atoms. The minimum atomic E-state index is 0.648.